The molecule has 1 fully saturated rings. The molecule has 1 aromatic carbocycles. The number of amides is 1. The molecule has 0 unspecified atom stereocenters. The van der Waals surface area contributed by atoms with Crippen molar-refractivity contribution in [1.29, 1.82) is 0 Å². The summed E-state index contributed by atoms with van der Waals surface area (Å²) in [6, 6.07) is 5.27. The first-order valence-corrected chi connectivity index (χ1v) is 7.44. The van der Waals surface area contributed by atoms with E-state index in [1.807, 2.05) is 0 Å². The fourth-order valence-corrected chi connectivity index (χ4v) is 2.39. The summed E-state index contributed by atoms with van der Waals surface area (Å²) < 4.78 is 16.0. The predicted octanol–water partition coefficient (Wildman–Crippen LogP) is 1.46. The van der Waals surface area contributed by atoms with Crippen molar-refractivity contribution in [2.24, 2.45) is 0 Å². The normalized spacial score (nSPS) is 15.5. The molecule has 0 radical (unpaired) electrons. The molecular weight excluding hydrogens is 286 g/mol. The van der Waals surface area contributed by atoms with Gasteiger partial charge in [-0.15, -0.1) is 0 Å². The largest absolute Gasteiger partial charge is 0.496 e. The van der Waals surface area contributed by atoms with Crippen molar-refractivity contribution < 1.29 is 24.1 Å². The molecule has 1 aliphatic rings. The summed E-state index contributed by atoms with van der Waals surface area (Å²) in [6.45, 7) is 1.54. The Bertz CT molecular complexity index is 475. The number of ether oxygens (including phenoxy) is 3. The van der Waals surface area contributed by atoms with E-state index in [0.29, 0.717) is 56.2 Å². The van der Waals surface area contributed by atoms with Crippen molar-refractivity contribution in [3.63, 3.8) is 0 Å². The Hall–Kier alpha value is -1.95. The first kappa shape index (κ1) is 16.4. The maximum absolute atomic E-state index is 12.1. The molecule has 1 aliphatic heterocycles. The Kier molecular flexibility index (Phi) is 5.89. The maximum Gasteiger partial charge on any atom is 0.226 e. The highest BCUT2D eigenvalue weighted by Gasteiger charge is 2.20. The number of carbonyl (C=O) groups excluding carboxylic acids is 1. The predicted molar refractivity (Wildman–Crippen MR) is 81.5 cm³/mol. The van der Waals surface area contributed by atoms with Crippen LogP contribution in [0.25, 0.3) is 0 Å². The summed E-state index contributed by atoms with van der Waals surface area (Å²) in [5.41, 5.74) is 0. The van der Waals surface area contributed by atoms with Gasteiger partial charge in [-0.2, -0.15) is 0 Å². The lowest BCUT2D eigenvalue weighted by atomic mass is 10.1. The second kappa shape index (κ2) is 7.89. The average Bonchev–Trinajstić information content (AvgIpc) is 2.55. The van der Waals surface area contributed by atoms with E-state index in [9.17, 15) is 9.90 Å². The van der Waals surface area contributed by atoms with Crippen molar-refractivity contribution in [3.05, 3.63) is 18.2 Å². The van der Waals surface area contributed by atoms with Crippen molar-refractivity contribution in [1.82, 2.24) is 4.90 Å². The van der Waals surface area contributed by atoms with E-state index in [4.69, 9.17) is 14.2 Å². The molecule has 1 N–H and O–H groups in total. The number of likely N-dealkylation sites (tertiary alicyclic amines) is 1. The summed E-state index contributed by atoms with van der Waals surface area (Å²) in [5.74, 6) is 1.95. The molecule has 122 valence electrons. The molecule has 1 amide bonds. The zero-order valence-electron chi connectivity index (χ0n) is 13.1. The van der Waals surface area contributed by atoms with E-state index in [-0.39, 0.29) is 12.0 Å². The Labute approximate surface area is 130 Å². The van der Waals surface area contributed by atoms with Crippen LogP contribution in [0.1, 0.15) is 19.3 Å². The molecule has 22 heavy (non-hydrogen) atoms. The first-order chi connectivity index (χ1) is 10.6. The Morgan fingerprint density at radius 1 is 1.14 bits per heavy atom. The average molecular weight is 309 g/mol. The lowest BCUT2D eigenvalue weighted by Crippen LogP contribution is -2.40. The van der Waals surface area contributed by atoms with Gasteiger partial charge >= 0.3 is 0 Å². The topological polar surface area (TPSA) is 68.2 Å². The lowest BCUT2D eigenvalue weighted by molar-refractivity contribution is -0.133. The van der Waals surface area contributed by atoms with Gasteiger partial charge in [-0.05, 0) is 12.8 Å². The van der Waals surface area contributed by atoms with Crippen molar-refractivity contribution in [2.45, 2.75) is 25.4 Å². The molecule has 2 rings (SSSR count). The highest BCUT2D eigenvalue weighted by molar-refractivity contribution is 5.76. The summed E-state index contributed by atoms with van der Waals surface area (Å²) >= 11 is 0. The second-order valence-electron chi connectivity index (χ2n) is 5.26. The second-order valence-corrected chi connectivity index (χ2v) is 5.26. The van der Waals surface area contributed by atoms with E-state index >= 15 is 0 Å². The molecule has 6 nitrogen and oxygen atoms in total. The molecule has 0 aromatic heterocycles. The fourth-order valence-electron chi connectivity index (χ4n) is 2.39. The summed E-state index contributed by atoms with van der Waals surface area (Å²) in [4.78, 5) is 13.8. The number of rotatable bonds is 6. The Morgan fingerprint density at radius 2 is 1.68 bits per heavy atom. The van der Waals surface area contributed by atoms with Crippen LogP contribution >= 0.6 is 0 Å². The van der Waals surface area contributed by atoms with E-state index in [1.54, 1.807) is 37.3 Å². The van der Waals surface area contributed by atoms with Gasteiger partial charge < -0.3 is 24.2 Å². The van der Waals surface area contributed by atoms with Crippen molar-refractivity contribution in [3.8, 4) is 17.2 Å². The van der Waals surface area contributed by atoms with Crippen LogP contribution in [0.2, 0.25) is 0 Å². The maximum atomic E-state index is 12.1. The van der Waals surface area contributed by atoms with Crippen LogP contribution in [0.3, 0.4) is 0 Å². The molecule has 0 spiro atoms. The number of piperidine rings is 1. The number of aliphatic hydroxyl groups excluding tert-OH is 1. The van der Waals surface area contributed by atoms with E-state index in [2.05, 4.69) is 0 Å². The van der Waals surface area contributed by atoms with Gasteiger partial charge in [-0.1, -0.05) is 0 Å². The number of nitrogens with zero attached hydrogens (tertiary/aromatic N) is 1. The standard InChI is InChI=1S/C16H23NO5/c1-20-13-9-14(21-2)11-15(10-13)22-8-5-16(19)17-6-3-12(18)4-7-17/h9-12,18H,3-8H2,1-2H3. The number of hydrogen-bond donors (Lipinski definition) is 1. The molecule has 1 saturated heterocycles. The highest BCUT2D eigenvalue weighted by Crippen LogP contribution is 2.27. The quantitative estimate of drug-likeness (QED) is 0.861. The molecule has 1 heterocycles. The smallest absolute Gasteiger partial charge is 0.226 e. The minimum absolute atomic E-state index is 0.0572. The minimum atomic E-state index is -0.274. The van der Waals surface area contributed by atoms with Gasteiger partial charge in [-0.25, -0.2) is 0 Å². The number of benzene rings is 1. The third kappa shape index (κ3) is 4.53. The van der Waals surface area contributed by atoms with Crippen LogP contribution in [-0.4, -0.2) is 55.9 Å². The van der Waals surface area contributed by atoms with Gasteiger partial charge in [0, 0.05) is 31.3 Å². The summed E-state index contributed by atoms with van der Waals surface area (Å²) in [6.07, 6.45) is 1.35. The van der Waals surface area contributed by atoms with E-state index in [1.165, 1.54) is 0 Å². The number of hydrogen-bond acceptors (Lipinski definition) is 5. The molecule has 6 heteroatoms. The Balaban J connectivity index is 1.81. The summed E-state index contributed by atoms with van der Waals surface area (Å²) in [5, 5.41) is 9.45. The Morgan fingerprint density at radius 3 is 2.23 bits per heavy atom. The lowest BCUT2D eigenvalue weighted by Gasteiger charge is -2.29. The number of aliphatic hydroxyl groups is 1. The number of carbonyl (C=O) groups is 1. The van der Waals surface area contributed by atoms with Gasteiger partial charge in [0.2, 0.25) is 5.91 Å². The van der Waals surface area contributed by atoms with Crippen LogP contribution in [0, 0.1) is 0 Å². The van der Waals surface area contributed by atoms with Gasteiger partial charge in [0.15, 0.2) is 0 Å². The number of methoxy groups -OCH3 is 2. The van der Waals surface area contributed by atoms with Crippen LogP contribution in [0.5, 0.6) is 17.2 Å². The van der Waals surface area contributed by atoms with Crippen molar-refractivity contribution in [2.75, 3.05) is 33.9 Å². The van der Waals surface area contributed by atoms with Crippen LogP contribution < -0.4 is 14.2 Å². The fraction of sp³-hybridized carbons (Fsp3) is 0.562. The van der Waals surface area contributed by atoms with Gasteiger partial charge in [0.25, 0.3) is 0 Å². The van der Waals surface area contributed by atoms with Gasteiger partial charge in [0.05, 0.1) is 33.4 Å². The van der Waals surface area contributed by atoms with Gasteiger partial charge in [-0.3, -0.25) is 4.79 Å². The molecule has 0 atom stereocenters. The molecule has 0 saturated carbocycles. The van der Waals surface area contributed by atoms with Crippen LogP contribution in [0.15, 0.2) is 18.2 Å². The molecular formula is C16H23NO5. The third-order valence-electron chi connectivity index (χ3n) is 3.73. The van der Waals surface area contributed by atoms with Crippen LogP contribution in [0.4, 0.5) is 0 Å². The third-order valence-corrected chi connectivity index (χ3v) is 3.73. The minimum Gasteiger partial charge on any atom is -0.496 e. The molecule has 0 bridgehead atoms. The van der Waals surface area contributed by atoms with E-state index < -0.39 is 0 Å². The van der Waals surface area contributed by atoms with Crippen LogP contribution in [-0.2, 0) is 4.79 Å². The van der Waals surface area contributed by atoms with Crippen molar-refractivity contribution >= 4 is 5.91 Å². The zero-order valence-corrected chi connectivity index (χ0v) is 13.1. The zero-order chi connectivity index (χ0) is 15.9. The SMILES string of the molecule is COc1cc(OC)cc(OCCC(=O)N2CCC(O)CC2)c1. The molecule has 1 aromatic rings. The summed E-state index contributed by atoms with van der Waals surface area (Å²) in [7, 11) is 3.15. The van der Waals surface area contributed by atoms with E-state index in [0.717, 1.165) is 0 Å². The first-order valence-electron chi connectivity index (χ1n) is 7.44. The monoisotopic (exact) mass is 309 g/mol. The van der Waals surface area contributed by atoms with Gasteiger partial charge in [0.1, 0.15) is 17.2 Å². The molecule has 0 aliphatic carbocycles. The highest BCUT2D eigenvalue weighted by atomic mass is 16.5.